The number of fused-ring (bicyclic) bond motifs is 1. The van der Waals surface area contributed by atoms with Gasteiger partial charge in [0.25, 0.3) is 0 Å². The summed E-state index contributed by atoms with van der Waals surface area (Å²) in [5, 5.41) is 5.55. The first kappa shape index (κ1) is 13.3. The summed E-state index contributed by atoms with van der Waals surface area (Å²) in [6.07, 6.45) is 0.919. The van der Waals surface area contributed by atoms with E-state index in [1.54, 1.807) is 0 Å². The molecule has 100 valence electrons. The largest absolute Gasteiger partial charge is 0.338 e. The van der Waals surface area contributed by atoms with E-state index in [1.807, 2.05) is 38.1 Å². The molecule has 0 saturated carbocycles. The van der Waals surface area contributed by atoms with Crippen LogP contribution < -0.4 is 10.6 Å². The first-order valence-electron chi connectivity index (χ1n) is 6.44. The molecule has 19 heavy (non-hydrogen) atoms. The van der Waals surface area contributed by atoms with Gasteiger partial charge in [0, 0.05) is 6.54 Å². The highest BCUT2D eigenvalue weighted by Crippen LogP contribution is 2.11. The van der Waals surface area contributed by atoms with Gasteiger partial charge < -0.3 is 10.6 Å². The molecule has 2 N–H and O–H groups in total. The summed E-state index contributed by atoms with van der Waals surface area (Å²) < 4.78 is 0. The number of benzene rings is 1. The number of para-hydroxylation sites is 2. The second kappa shape index (κ2) is 6.13. The van der Waals surface area contributed by atoms with Crippen LogP contribution in [-0.2, 0) is 6.54 Å². The number of aryl methyl sites for hydroxylation is 1. The Balaban J connectivity index is 2.08. The highest BCUT2D eigenvalue weighted by molar-refractivity contribution is 5.75. The normalized spacial score (nSPS) is 10.4. The Kier molecular flexibility index (Phi) is 4.28. The van der Waals surface area contributed by atoms with E-state index in [2.05, 4.69) is 20.6 Å². The summed E-state index contributed by atoms with van der Waals surface area (Å²) in [5.41, 5.74) is 3.36. The van der Waals surface area contributed by atoms with Gasteiger partial charge in [-0.25, -0.2) is 14.8 Å². The van der Waals surface area contributed by atoms with Crippen LogP contribution in [0.2, 0.25) is 0 Å². The third kappa shape index (κ3) is 3.40. The summed E-state index contributed by atoms with van der Waals surface area (Å²) in [5.74, 6) is 0. The van der Waals surface area contributed by atoms with Gasteiger partial charge in [0.2, 0.25) is 0 Å². The van der Waals surface area contributed by atoms with Crippen LogP contribution in [0, 0.1) is 6.92 Å². The molecule has 5 nitrogen and oxygen atoms in total. The highest BCUT2D eigenvalue weighted by atomic mass is 16.2. The number of urea groups is 1. The maximum atomic E-state index is 11.5. The van der Waals surface area contributed by atoms with Crippen molar-refractivity contribution in [3.05, 3.63) is 35.7 Å². The van der Waals surface area contributed by atoms with E-state index < -0.39 is 0 Å². The number of rotatable bonds is 4. The zero-order valence-corrected chi connectivity index (χ0v) is 11.2. The number of nitrogens with one attached hydrogen (secondary N) is 2. The summed E-state index contributed by atoms with van der Waals surface area (Å²) >= 11 is 0. The monoisotopic (exact) mass is 258 g/mol. The Morgan fingerprint density at radius 3 is 2.53 bits per heavy atom. The average Bonchev–Trinajstić information content (AvgIpc) is 2.42. The molecule has 0 atom stereocenters. The van der Waals surface area contributed by atoms with Gasteiger partial charge in [-0.1, -0.05) is 19.1 Å². The summed E-state index contributed by atoms with van der Waals surface area (Å²) in [7, 11) is 0. The Hall–Kier alpha value is -2.17. The van der Waals surface area contributed by atoms with Crippen LogP contribution in [-0.4, -0.2) is 22.5 Å². The molecule has 0 saturated heterocycles. The minimum atomic E-state index is -0.170. The van der Waals surface area contributed by atoms with Crippen LogP contribution in [0.1, 0.15) is 24.7 Å². The number of aromatic nitrogens is 2. The van der Waals surface area contributed by atoms with E-state index in [0.717, 1.165) is 28.8 Å². The van der Waals surface area contributed by atoms with Crippen molar-refractivity contribution in [1.82, 2.24) is 20.6 Å². The van der Waals surface area contributed by atoms with Crippen LogP contribution in [0.3, 0.4) is 0 Å². The number of nitrogens with zero attached hydrogens (tertiary/aromatic N) is 2. The zero-order valence-electron chi connectivity index (χ0n) is 11.2. The van der Waals surface area contributed by atoms with Crippen molar-refractivity contribution >= 4 is 17.1 Å². The Bertz CT molecular complexity index is 583. The predicted octanol–water partition coefficient (Wildman–Crippen LogP) is 2.15. The summed E-state index contributed by atoms with van der Waals surface area (Å²) in [6, 6.07) is 7.55. The molecule has 1 aromatic heterocycles. The molecule has 0 radical (unpaired) electrons. The number of carbonyl (C=O) groups excluding carboxylic acids is 1. The SMILES string of the molecule is CCCNC(=O)NCc1nc2ccccc2nc1C. The molecule has 0 unspecified atom stereocenters. The molecule has 2 aromatic rings. The molecule has 1 heterocycles. The van der Waals surface area contributed by atoms with Gasteiger partial charge in [0.1, 0.15) is 0 Å². The maximum absolute atomic E-state index is 11.5. The van der Waals surface area contributed by atoms with Gasteiger partial charge in [-0.15, -0.1) is 0 Å². The minimum absolute atomic E-state index is 0.170. The number of amides is 2. The van der Waals surface area contributed by atoms with Crippen LogP contribution in [0.25, 0.3) is 11.0 Å². The molecular weight excluding hydrogens is 240 g/mol. The summed E-state index contributed by atoms with van der Waals surface area (Å²) in [4.78, 5) is 20.5. The molecular formula is C14H18N4O. The van der Waals surface area contributed by atoms with E-state index in [9.17, 15) is 4.79 Å². The summed E-state index contributed by atoms with van der Waals surface area (Å²) in [6.45, 7) is 4.98. The van der Waals surface area contributed by atoms with Gasteiger partial charge in [0.15, 0.2) is 0 Å². The Labute approximate surface area is 112 Å². The molecule has 2 rings (SSSR count). The Morgan fingerprint density at radius 2 is 1.84 bits per heavy atom. The minimum Gasteiger partial charge on any atom is -0.338 e. The lowest BCUT2D eigenvalue weighted by Gasteiger charge is -2.09. The highest BCUT2D eigenvalue weighted by Gasteiger charge is 2.06. The zero-order chi connectivity index (χ0) is 13.7. The molecule has 5 heteroatoms. The van der Waals surface area contributed by atoms with Gasteiger partial charge in [-0.05, 0) is 25.5 Å². The molecule has 0 fully saturated rings. The fourth-order valence-electron chi connectivity index (χ4n) is 1.76. The van der Waals surface area contributed by atoms with Crippen LogP contribution in [0.5, 0.6) is 0 Å². The van der Waals surface area contributed by atoms with Gasteiger partial charge in [-0.2, -0.15) is 0 Å². The van der Waals surface area contributed by atoms with E-state index in [0.29, 0.717) is 13.1 Å². The molecule has 0 aliphatic heterocycles. The van der Waals surface area contributed by atoms with Gasteiger partial charge >= 0.3 is 6.03 Å². The second-order valence-electron chi connectivity index (χ2n) is 4.35. The van der Waals surface area contributed by atoms with E-state index >= 15 is 0 Å². The van der Waals surface area contributed by atoms with Gasteiger partial charge in [-0.3, -0.25) is 0 Å². The van der Waals surface area contributed by atoms with Crippen molar-refractivity contribution < 1.29 is 4.79 Å². The van der Waals surface area contributed by atoms with Crippen molar-refractivity contribution in [3.8, 4) is 0 Å². The average molecular weight is 258 g/mol. The van der Waals surface area contributed by atoms with Crippen molar-refractivity contribution in [2.45, 2.75) is 26.8 Å². The first-order valence-corrected chi connectivity index (χ1v) is 6.44. The van der Waals surface area contributed by atoms with Crippen molar-refractivity contribution in [3.63, 3.8) is 0 Å². The first-order chi connectivity index (χ1) is 9.20. The van der Waals surface area contributed by atoms with Gasteiger partial charge in [0.05, 0.1) is 29.0 Å². The fraction of sp³-hybridized carbons (Fsp3) is 0.357. The lowest BCUT2D eigenvalue weighted by Crippen LogP contribution is -2.35. The predicted molar refractivity (Wildman–Crippen MR) is 74.8 cm³/mol. The number of carbonyl (C=O) groups is 1. The molecule has 2 amide bonds. The number of hydrogen-bond donors (Lipinski definition) is 2. The number of hydrogen-bond acceptors (Lipinski definition) is 3. The topological polar surface area (TPSA) is 66.9 Å². The van der Waals surface area contributed by atoms with E-state index in [4.69, 9.17) is 0 Å². The molecule has 0 spiro atoms. The van der Waals surface area contributed by atoms with Crippen LogP contribution >= 0.6 is 0 Å². The van der Waals surface area contributed by atoms with Crippen molar-refractivity contribution in [2.75, 3.05) is 6.54 Å². The van der Waals surface area contributed by atoms with Crippen molar-refractivity contribution in [1.29, 1.82) is 0 Å². The lowest BCUT2D eigenvalue weighted by molar-refractivity contribution is 0.240. The quantitative estimate of drug-likeness (QED) is 0.883. The van der Waals surface area contributed by atoms with Crippen LogP contribution in [0.15, 0.2) is 24.3 Å². The third-order valence-electron chi connectivity index (χ3n) is 2.79. The second-order valence-corrected chi connectivity index (χ2v) is 4.35. The standard InChI is InChI=1S/C14H18N4O/c1-3-8-15-14(19)16-9-13-10(2)17-11-6-4-5-7-12(11)18-13/h4-7H,3,8-9H2,1-2H3,(H2,15,16,19). The van der Waals surface area contributed by atoms with E-state index in [1.165, 1.54) is 0 Å². The Morgan fingerprint density at radius 1 is 1.16 bits per heavy atom. The maximum Gasteiger partial charge on any atom is 0.315 e. The molecule has 1 aromatic carbocycles. The molecule has 0 bridgehead atoms. The lowest BCUT2D eigenvalue weighted by atomic mass is 10.2. The van der Waals surface area contributed by atoms with Crippen LogP contribution in [0.4, 0.5) is 4.79 Å². The molecule has 0 aliphatic carbocycles. The smallest absolute Gasteiger partial charge is 0.315 e. The molecule has 0 aliphatic rings. The van der Waals surface area contributed by atoms with E-state index in [-0.39, 0.29) is 6.03 Å². The van der Waals surface area contributed by atoms with Crippen molar-refractivity contribution in [2.24, 2.45) is 0 Å². The third-order valence-corrected chi connectivity index (χ3v) is 2.79. The fourth-order valence-corrected chi connectivity index (χ4v) is 1.76.